The van der Waals surface area contributed by atoms with Gasteiger partial charge >= 0.3 is 11.9 Å². The minimum Gasteiger partial charge on any atom is -0.491 e. The quantitative estimate of drug-likeness (QED) is 0.750. The van der Waals surface area contributed by atoms with Crippen molar-refractivity contribution in [2.75, 3.05) is 13.2 Å². The van der Waals surface area contributed by atoms with Crippen LogP contribution in [0.1, 0.15) is 48.4 Å². The Balaban J connectivity index is 3.15. The highest BCUT2D eigenvalue weighted by atomic mass is 16.5. The first kappa shape index (κ1) is 16.0. The highest BCUT2D eigenvalue weighted by Crippen LogP contribution is 2.21. The number of carbonyl (C=O) groups is 2. The van der Waals surface area contributed by atoms with Gasteiger partial charge in [-0.05, 0) is 45.9 Å². The van der Waals surface area contributed by atoms with Crippen LogP contribution in [-0.4, -0.2) is 31.3 Å². The summed E-state index contributed by atoms with van der Waals surface area (Å²) in [4.78, 5) is 23.8. The molecule has 5 heteroatoms. The molecule has 20 heavy (non-hydrogen) atoms. The molecule has 0 N–H and O–H groups in total. The molecular formula is C15H20O5. The zero-order valence-corrected chi connectivity index (χ0v) is 12.3. The van der Waals surface area contributed by atoms with E-state index in [0.717, 1.165) is 0 Å². The molecule has 0 saturated carbocycles. The summed E-state index contributed by atoms with van der Waals surface area (Å²) in [5.74, 6) is -0.604. The Morgan fingerprint density at radius 1 is 1.00 bits per heavy atom. The van der Waals surface area contributed by atoms with Gasteiger partial charge in [0, 0.05) is 0 Å². The second kappa shape index (κ2) is 7.53. The first-order valence-corrected chi connectivity index (χ1v) is 6.64. The van der Waals surface area contributed by atoms with E-state index in [0.29, 0.717) is 5.75 Å². The number of rotatable bonds is 6. The van der Waals surface area contributed by atoms with Gasteiger partial charge in [-0.25, -0.2) is 9.59 Å². The topological polar surface area (TPSA) is 61.8 Å². The van der Waals surface area contributed by atoms with Crippen LogP contribution in [0.25, 0.3) is 0 Å². The van der Waals surface area contributed by atoms with Gasteiger partial charge in [-0.1, -0.05) is 0 Å². The molecule has 0 fully saturated rings. The first-order chi connectivity index (χ1) is 9.49. The maximum absolute atomic E-state index is 11.9. The number of carbonyl (C=O) groups excluding carboxylic acids is 2. The van der Waals surface area contributed by atoms with Crippen LogP contribution in [0.5, 0.6) is 5.75 Å². The zero-order valence-electron chi connectivity index (χ0n) is 12.3. The van der Waals surface area contributed by atoms with E-state index in [1.54, 1.807) is 19.9 Å². The molecule has 1 rings (SSSR count). The molecule has 1 aromatic carbocycles. The van der Waals surface area contributed by atoms with Crippen molar-refractivity contribution in [3.63, 3.8) is 0 Å². The number of esters is 2. The third-order valence-corrected chi connectivity index (χ3v) is 2.35. The van der Waals surface area contributed by atoms with Gasteiger partial charge in [0.25, 0.3) is 0 Å². The lowest BCUT2D eigenvalue weighted by Crippen LogP contribution is -2.15. The molecule has 0 aliphatic rings. The van der Waals surface area contributed by atoms with Crippen molar-refractivity contribution in [3.8, 4) is 5.75 Å². The number of hydrogen-bond donors (Lipinski definition) is 0. The molecule has 0 amide bonds. The van der Waals surface area contributed by atoms with Crippen LogP contribution < -0.4 is 4.74 Å². The van der Waals surface area contributed by atoms with Crippen molar-refractivity contribution in [2.45, 2.75) is 33.8 Å². The zero-order chi connectivity index (χ0) is 15.1. The third-order valence-electron chi connectivity index (χ3n) is 2.35. The number of benzene rings is 1. The SMILES string of the molecule is CCOC(=O)c1ccc(OC(C)C)cc1C(=O)OCC. The fourth-order valence-electron chi connectivity index (χ4n) is 1.63. The van der Waals surface area contributed by atoms with Gasteiger partial charge in [-0.2, -0.15) is 0 Å². The van der Waals surface area contributed by atoms with Gasteiger partial charge in [0.1, 0.15) is 5.75 Å². The van der Waals surface area contributed by atoms with Gasteiger partial charge in [-0.15, -0.1) is 0 Å². The summed E-state index contributed by atoms with van der Waals surface area (Å²) in [5.41, 5.74) is 0.338. The Morgan fingerprint density at radius 3 is 2.05 bits per heavy atom. The van der Waals surface area contributed by atoms with E-state index < -0.39 is 11.9 Å². The molecule has 5 nitrogen and oxygen atoms in total. The van der Waals surface area contributed by atoms with Crippen LogP contribution in [0.2, 0.25) is 0 Å². The minimum absolute atomic E-state index is 0.0292. The first-order valence-electron chi connectivity index (χ1n) is 6.64. The maximum Gasteiger partial charge on any atom is 0.339 e. The third kappa shape index (κ3) is 4.26. The largest absolute Gasteiger partial charge is 0.491 e. The fraction of sp³-hybridized carbons (Fsp3) is 0.467. The smallest absolute Gasteiger partial charge is 0.339 e. The standard InChI is InChI=1S/C15H20O5/c1-5-18-14(16)12-8-7-11(20-10(3)4)9-13(12)15(17)19-6-2/h7-10H,5-6H2,1-4H3. The molecular weight excluding hydrogens is 260 g/mol. The van der Waals surface area contributed by atoms with Gasteiger partial charge in [-0.3, -0.25) is 0 Å². The predicted octanol–water partition coefficient (Wildman–Crippen LogP) is 2.83. The molecule has 0 bridgehead atoms. The molecule has 0 heterocycles. The molecule has 0 radical (unpaired) electrons. The summed E-state index contributed by atoms with van der Waals surface area (Å²) < 4.78 is 15.4. The van der Waals surface area contributed by atoms with Crippen LogP contribution >= 0.6 is 0 Å². The summed E-state index contributed by atoms with van der Waals surface area (Å²) in [6.45, 7) is 7.64. The normalized spacial score (nSPS) is 10.2. The van der Waals surface area contributed by atoms with Gasteiger partial charge < -0.3 is 14.2 Å². The maximum atomic E-state index is 11.9. The van der Waals surface area contributed by atoms with Gasteiger partial charge in [0.15, 0.2) is 0 Å². The van der Waals surface area contributed by atoms with Gasteiger partial charge in [0.2, 0.25) is 0 Å². The molecule has 0 atom stereocenters. The molecule has 0 aromatic heterocycles. The average Bonchev–Trinajstić information content (AvgIpc) is 2.38. The Hall–Kier alpha value is -2.04. The Morgan fingerprint density at radius 2 is 1.55 bits per heavy atom. The minimum atomic E-state index is -0.565. The Bertz CT molecular complexity index is 479. The summed E-state index contributed by atoms with van der Waals surface area (Å²) >= 11 is 0. The van der Waals surface area contributed by atoms with E-state index in [1.807, 2.05) is 13.8 Å². The molecule has 1 aromatic rings. The fourth-order valence-corrected chi connectivity index (χ4v) is 1.63. The lowest BCUT2D eigenvalue weighted by molar-refractivity contribution is 0.0478. The van der Waals surface area contributed by atoms with E-state index in [4.69, 9.17) is 14.2 Å². The lowest BCUT2D eigenvalue weighted by Gasteiger charge is -2.13. The second-order valence-electron chi connectivity index (χ2n) is 4.31. The summed E-state index contributed by atoms with van der Waals surface area (Å²) in [7, 11) is 0. The molecule has 0 spiro atoms. The molecule has 0 unspecified atom stereocenters. The summed E-state index contributed by atoms with van der Waals surface area (Å²) in [5, 5.41) is 0. The molecule has 0 saturated heterocycles. The van der Waals surface area contributed by atoms with Crippen molar-refractivity contribution in [1.29, 1.82) is 0 Å². The van der Waals surface area contributed by atoms with Crippen molar-refractivity contribution >= 4 is 11.9 Å². The Kier molecular flexibility index (Phi) is 6.03. The van der Waals surface area contributed by atoms with Gasteiger partial charge in [0.05, 0.1) is 30.4 Å². The van der Waals surface area contributed by atoms with Crippen molar-refractivity contribution < 1.29 is 23.8 Å². The van der Waals surface area contributed by atoms with E-state index in [-0.39, 0.29) is 30.4 Å². The second-order valence-corrected chi connectivity index (χ2v) is 4.31. The van der Waals surface area contributed by atoms with E-state index in [2.05, 4.69) is 0 Å². The monoisotopic (exact) mass is 280 g/mol. The predicted molar refractivity (Wildman–Crippen MR) is 74.1 cm³/mol. The van der Waals surface area contributed by atoms with E-state index in [1.165, 1.54) is 12.1 Å². The van der Waals surface area contributed by atoms with E-state index >= 15 is 0 Å². The Labute approximate surface area is 118 Å². The average molecular weight is 280 g/mol. The van der Waals surface area contributed by atoms with Crippen LogP contribution in [-0.2, 0) is 9.47 Å². The molecule has 0 aliphatic carbocycles. The highest BCUT2D eigenvalue weighted by Gasteiger charge is 2.20. The van der Waals surface area contributed by atoms with Crippen molar-refractivity contribution in [1.82, 2.24) is 0 Å². The van der Waals surface area contributed by atoms with Crippen LogP contribution in [0, 0.1) is 0 Å². The van der Waals surface area contributed by atoms with Crippen molar-refractivity contribution in [2.24, 2.45) is 0 Å². The molecule has 110 valence electrons. The number of ether oxygens (including phenoxy) is 3. The summed E-state index contributed by atoms with van der Waals surface area (Å²) in [6.07, 6.45) is -0.0292. The van der Waals surface area contributed by atoms with Crippen LogP contribution in [0.3, 0.4) is 0 Å². The highest BCUT2D eigenvalue weighted by molar-refractivity contribution is 6.03. The molecule has 0 aliphatic heterocycles. The van der Waals surface area contributed by atoms with Crippen LogP contribution in [0.4, 0.5) is 0 Å². The van der Waals surface area contributed by atoms with Crippen molar-refractivity contribution in [3.05, 3.63) is 29.3 Å². The lowest BCUT2D eigenvalue weighted by atomic mass is 10.1. The van der Waals surface area contributed by atoms with E-state index in [9.17, 15) is 9.59 Å². The summed E-state index contributed by atoms with van der Waals surface area (Å²) in [6, 6.07) is 4.65. The van der Waals surface area contributed by atoms with Crippen LogP contribution in [0.15, 0.2) is 18.2 Å². The number of hydrogen-bond acceptors (Lipinski definition) is 5.